The molecule has 1 atom stereocenters. The predicted molar refractivity (Wildman–Crippen MR) is 101 cm³/mol. The maximum atomic E-state index is 12.8. The molecule has 1 aliphatic rings. The van der Waals surface area contributed by atoms with E-state index >= 15 is 0 Å². The Morgan fingerprint density at radius 3 is 2.46 bits per heavy atom. The van der Waals surface area contributed by atoms with Gasteiger partial charge in [-0.2, -0.15) is 0 Å². The number of amides is 2. The summed E-state index contributed by atoms with van der Waals surface area (Å²) < 4.78 is 5.17. The fraction of sp³-hybridized carbons (Fsp3) is 0.143. The van der Waals surface area contributed by atoms with Crippen molar-refractivity contribution >= 4 is 17.9 Å². The highest BCUT2D eigenvalue weighted by Gasteiger charge is 2.29. The number of allylic oxidation sites excluding steroid dienone is 1. The normalized spacial score (nSPS) is 17.0. The average molecular weight is 348 g/mol. The van der Waals surface area contributed by atoms with E-state index in [0.717, 1.165) is 11.1 Å². The average Bonchev–Trinajstić information content (AvgIpc) is 2.68. The Hall–Kier alpha value is -3.34. The summed E-state index contributed by atoms with van der Waals surface area (Å²) in [7, 11) is 3.21. The van der Waals surface area contributed by atoms with E-state index in [1.165, 1.54) is 11.0 Å². The molecule has 0 unspecified atom stereocenters. The van der Waals surface area contributed by atoms with Crippen LogP contribution >= 0.6 is 0 Å². The van der Waals surface area contributed by atoms with Crippen LogP contribution in [0.3, 0.4) is 0 Å². The van der Waals surface area contributed by atoms with E-state index in [1.54, 1.807) is 26.4 Å². The molecule has 0 fully saturated rings. The minimum Gasteiger partial charge on any atom is -0.497 e. The van der Waals surface area contributed by atoms with E-state index in [1.807, 2.05) is 54.6 Å². The molecule has 0 spiro atoms. The summed E-state index contributed by atoms with van der Waals surface area (Å²) in [6.07, 6.45) is 4.89. The van der Waals surface area contributed by atoms with Gasteiger partial charge in [0.2, 0.25) is 0 Å². The van der Waals surface area contributed by atoms with Crippen LogP contribution in [0.1, 0.15) is 17.2 Å². The van der Waals surface area contributed by atoms with Gasteiger partial charge in [-0.25, -0.2) is 4.79 Å². The summed E-state index contributed by atoms with van der Waals surface area (Å²) in [6, 6.07) is 16.1. The minimum absolute atomic E-state index is 0.151. The fourth-order valence-electron chi connectivity index (χ4n) is 2.74. The van der Waals surface area contributed by atoms with Gasteiger partial charge in [0.05, 0.1) is 13.2 Å². The zero-order chi connectivity index (χ0) is 18.5. The van der Waals surface area contributed by atoms with Crippen molar-refractivity contribution in [2.75, 3.05) is 14.2 Å². The number of carbonyl (C=O) groups excluding carboxylic acids is 2. The van der Waals surface area contributed by atoms with Gasteiger partial charge in [-0.15, -0.1) is 0 Å². The Kier molecular flexibility index (Phi) is 5.17. The first-order chi connectivity index (χ1) is 12.6. The van der Waals surface area contributed by atoms with Gasteiger partial charge in [0.1, 0.15) is 5.75 Å². The summed E-state index contributed by atoms with van der Waals surface area (Å²) >= 11 is 0. The van der Waals surface area contributed by atoms with Crippen molar-refractivity contribution in [1.82, 2.24) is 10.2 Å². The first kappa shape index (κ1) is 17.5. The van der Waals surface area contributed by atoms with E-state index in [0.29, 0.717) is 11.3 Å². The van der Waals surface area contributed by atoms with Crippen LogP contribution in [0.4, 0.5) is 4.79 Å². The van der Waals surface area contributed by atoms with E-state index < -0.39 is 6.04 Å². The molecule has 0 saturated carbocycles. The zero-order valence-corrected chi connectivity index (χ0v) is 14.7. The number of nitrogens with one attached hydrogen (secondary N) is 1. The topological polar surface area (TPSA) is 58.6 Å². The molecular weight excluding hydrogens is 328 g/mol. The van der Waals surface area contributed by atoms with Crippen molar-refractivity contribution in [3.63, 3.8) is 0 Å². The molecular formula is C21H20N2O3. The molecule has 1 heterocycles. The third-order valence-electron chi connectivity index (χ3n) is 4.19. The van der Waals surface area contributed by atoms with Crippen LogP contribution in [0.2, 0.25) is 0 Å². The van der Waals surface area contributed by atoms with Gasteiger partial charge in [-0.3, -0.25) is 4.79 Å². The summed E-state index contributed by atoms with van der Waals surface area (Å²) in [6.45, 7) is 0. The Labute approximate surface area is 152 Å². The molecule has 3 rings (SSSR count). The number of methoxy groups -OCH3 is 1. The molecule has 2 amide bonds. The summed E-state index contributed by atoms with van der Waals surface area (Å²) in [4.78, 5) is 26.2. The molecule has 132 valence electrons. The van der Waals surface area contributed by atoms with Crippen molar-refractivity contribution in [2.24, 2.45) is 0 Å². The lowest BCUT2D eigenvalue weighted by Crippen LogP contribution is -2.43. The van der Waals surface area contributed by atoms with E-state index in [9.17, 15) is 9.59 Å². The largest absolute Gasteiger partial charge is 0.497 e. The lowest BCUT2D eigenvalue weighted by atomic mass is 9.94. The van der Waals surface area contributed by atoms with Gasteiger partial charge in [0.15, 0.2) is 5.78 Å². The van der Waals surface area contributed by atoms with Crippen LogP contribution < -0.4 is 10.1 Å². The number of hydrogen-bond donors (Lipinski definition) is 1. The third kappa shape index (κ3) is 3.83. The molecule has 0 aromatic heterocycles. The van der Waals surface area contributed by atoms with E-state index in [2.05, 4.69) is 5.32 Å². The number of urea groups is 1. The van der Waals surface area contributed by atoms with Crippen molar-refractivity contribution in [2.45, 2.75) is 6.04 Å². The highest BCUT2D eigenvalue weighted by Crippen LogP contribution is 2.28. The fourth-order valence-corrected chi connectivity index (χ4v) is 2.74. The highest BCUT2D eigenvalue weighted by molar-refractivity contribution is 6.08. The van der Waals surface area contributed by atoms with Gasteiger partial charge in [-0.05, 0) is 29.3 Å². The zero-order valence-electron chi connectivity index (χ0n) is 14.7. The molecule has 5 nitrogen and oxygen atoms in total. The van der Waals surface area contributed by atoms with Crippen LogP contribution in [0.25, 0.3) is 6.08 Å². The molecule has 1 aliphatic heterocycles. The Morgan fingerprint density at radius 1 is 1.12 bits per heavy atom. The molecule has 5 heteroatoms. The number of nitrogens with zero attached hydrogens (tertiary/aromatic N) is 1. The van der Waals surface area contributed by atoms with Crippen LogP contribution in [0.15, 0.2) is 72.4 Å². The summed E-state index contributed by atoms with van der Waals surface area (Å²) in [5.41, 5.74) is 2.26. The SMILES string of the molecule is COc1ccc([C@@H]2NC(=O)N(C)C=C2C(=O)C=Cc2ccccc2)cc1. The molecule has 0 radical (unpaired) electrons. The lowest BCUT2D eigenvalue weighted by Gasteiger charge is -2.29. The number of ether oxygens (including phenoxy) is 1. The molecule has 2 aromatic carbocycles. The Morgan fingerprint density at radius 2 is 1.81 bits per heavy atom. The van der Waals surface area contributed by atoms with Gasteiger partial charge in [0, 0.05) is 18.8 Å². The van der Waals surface area contributed by atoms with Crippen molar-refractivity contribution in [3.05, 3.63) is 83.6 Å². The molecule has 0 aliphatic carbocycles. The smallest absolute Gasteiger partial charge is 0.321 e. The van der Waals surface area contributed by atoms with Crippen molar-refractivity contribution in [3.8, 4) is 5.75 Å². The van der Waals surface area contributed by atoms with Gasteiger partial charge < -0.3 is 15.0 Å². The first-order valence-electron chi connectivity index (χ1n) is 8.25. The number of hydrogen-bond acceptors (Lipinski definition) is 3. The lowest BCUT2D eigenvalue weighted by molar-refractivity contribution is -0.111. The quantitative estimate of drug-likeness (QED) is 0.841. The second kappa shape index (κ2) is 7.70. The highest BCUT2D eigenvalue weighted by atomic mass is 16.5. The Bertz CT molecular complexity index is 855. The van der Waals surface area contributed by atoms with E-state index in [-0.39, 0.29) is 11.8 Å². The van der Waals surface area contributed by atoms with Gasteiger partial charge in [-0.1, -0.05) is 48.5 Å². The third-order valence-corrected chi connectivity index (χ3v) is 4.19. The van der Waals surface area contributed by atoms with Crippen molar-refractivity contribution < 1.29 is 14.3 Å². The predicted octanol–water partition coefficient (Wildman–Crippen LogP) is 3.56. The minimum atomic E-state index is -0.502. The molecule has 0 bridgehead atoms. The molecule has 26 heavy (non-hydrogen) atoms. The Balaban J connectivity index is 1.89. The maximum Gasteiger partial charge on any atom is 0.321 e. The second-order valence-electron chi connectivity index (χ2n) is 5.96. The number of rotatable bonds is 5. The molecule has 1 N–H and O–H groups in total. The first-order valence-corrected chi connectivity index (χ1v) is 8.25. The number of ketones is 1. The monoisotopic (exact) mass is 348 g/mol. The van der Waals surface area contributed by atoms with Crippen LogP contribution in [-0.2, 0) is 4.79 Å². The number of benzene rings is 2. The van der Waals surface area contributed by atoms with Crippen LogP contribution in [0.5, 0.6) is 5.75 Å². The van der Waals surface area contributed by atoms with Crippen molar-refractivity contribution in [1.29, 1.82) is 0 Å². The van der Waals surface area contributed by atoms with Gasteiger partial charge >= 0.3 is 6.03 Å². The van der Waals surface area contributed by atoms with Crippen LogP contribution in [0, 0.1) is 0 Å². The van der Waals surface area contributed by atoms with E-state index in [4.69, 9.17) is 4.74 Å². The second-order valence-corrected chi connectivity index (χ2v) is 5.96. The van der Waals surface area contributed by atoms with Crippen LogP contribution in [-0.4, -0.2) is 30.9 Å². The molecule has 0 saturated heterocycles. The molecule has 2 aromatic rings. The number of carbonyl (C=O) groups is 2. The summed E-state index contributed by atoms with van der Waals surface area (Å²) in [5.74, 6) is 0.565. The van der Waals surface area contributed by atoms with Gasteiger partial charge in [0.25, 0.3) is 0 Å². The maximum absolute atomic E-state index is 12.8. The summed E-state index contributed by atoms with van der Waals surface area (Å²) in [5, 5.41) is 2.87. The standard InChI is InChI=1S/C21H20N2O3/c1-23-14-18(19(24)13-8-15-6-4-3-5-7-15)20(22-21(23)25)16-9-11-17(26-2)12-10-16/h3-14,20H,1-2H3,(H,22,25)/t20-/m0/s1.